The quantitative estimate of drug-likeness (QED) is 0.747. The third-order valence-corrected chi connectivity index (χ3v) is 2.91. The molecular weight excluding hydrogens is 218 g/mol. The van der Waals surface area contributed by atoms with E-state index in [1.165, 1.54) is 11.1 Å². The Hall–Kier alpha value is -0.530. The molecule has 1 nitrogen and oxygen atoms in total. The molecule has 0 aliphatic carbocycles. The highest BCUT2D eigenvalue weighted by atomic mass is 35.5. The summed E-state index contributed by atoms with van der Waals surface area (Å²) >= 11 is 5.98. The fourth-order valence-electron chi connectivity index (χ4n) is 1.78. The third kappa shape index (κ3) is 4.54. The van der Waals surface area contributed by atoms with Crippen molar-refractivity contribution in [2.24, 2.45) is 5.92 Å². The van der Waals surface area contributed by atoms with E-state index in [2.05, 4.69) is 38.2 Å². The van der Waals surface area contributed by atoms with Gasteiger partial charge in [0.05, 0.1) is 0 Å². The van der Waals surface area contributed by atoms with E-state index in [1.54, 1.807) is 0 Å². The van der Waals surface area contributed by atoms with Crippen LogP contribution in [0.5, 0.6) is 0 Å². The van der Waals surface area contributed by atoms with Crippen LogP contribution in [-0.4, -0.2) is 13.1 Å². The van der Waals surface area contributed by atoms with Crippen LogP contribution >= 0.6 is 11.6 Å². The molecule has 0 spiro atoms. The van der Waals surface area contributed by atoms with E-state index in [0.717, 1.165) is 36.9 Å². The highest BCUT2D eigenvalue weighted by Gasteiger charge is 2.01. The lowest BCUT2D eigenvalue weighted by molar-refractivity contribution is 0.554. The molecule has 1 rings (SSSR count). The second-order valence-corrected chi connectivity index (χ2v) is 5.05. The van der Waals surface area contributed by atoms with Crippen molar-refractivity contribution >= 4 is 11.6 Å². The lowest BCUT2D eigenvalue weighted by atomic mass is 10.0. The average Bonchev–Trinajstić information content (AvgIpc) is 2.25. The van der Waals surface area contributed by atoms with Gasteiger partial charge in [-0.1, -0.05) is 38.4 Å². The first-order chi connectivity index (χ1) is 7.63. The standard InChI is InChI=1S/C14H22ClN/c1-4-12-9-14(15)6-5-13(12)7-8-16-10-11(2)3/h5-6,9,11,16H,4,7-8,10H2,1-3H3. The molecule has 1 aromatic carbocycles. The van der Waals surface area contributed by atoms with Crippen LogP contribution in [0, 0.1) is 5.92 Å². The summed E-state index contributed by atoms with van der Waals surface area (Å²) in [5.41, 5.74) is 2.79. The van der Waals surface area contributed by atoms with Gasteiger partial charge in [0.1, 0.15) is 0 Å². The van der Waals surface area contributed by atoms with Crippen LogP contribution in [0.4, 0.5) is 0 Å². The van der Waals surface area contributed by atoms with E-state index in [1.807, 2.05) is 6.07 Å². The lowest BCUT2D eigenvalue weighted by Gasteiger charge is -2.10. The van der Waals surface area contributed by atoms with Crippen LogP contribution < -0.4 is 5.32 Å². The minimum absolute atomic E-state index is 0.718. The largest absolute Gasteiger partial charge is 0.316 e. The van der Waals surface area contributed by atoms with Gasteiger partial charge in [0, 0.05) is 5.02 Å². The Labute approximate surface area is 104 Å². The molecule has 0 unspecified atom stereocenters. The maximum absolute atomic E-state index is 5.98. The predicted molar refractivity (Wildman–Crippen MR) is 72.2 cm³/mol. The van der Waals surface area contributed by atoms with Gasteiger partial charge in [-0.05, 0) is 55.1 Å². The topological polar surface area (TPSA) is 12.0 Å². The SMILES string of the molecule is CCc1cc(Cl)ccc1CCNCC(C)C. The molecule has 0 saturated heterocycles. The van der Waals surface area contributed by atoms with E-state index in [4.69, 9.17) is 11.6 Å². The average molecular weight is 240 g/mol. The summed E-state index contributed by atoms with van der Waals surface area (Å²) in [7, 11) is 0. The van der Waals surface area contributed by atoms with Gasteiger partial charge >= 0.3 is 0 Å². The van der Waals surface area contributed by atoms with Crippen LogP contribution in [-0.2, 0) is 12.8 Å². The smallest absolute Gasteiger partial charge is 0.0408 e. The van der Waals surface area contributed by atoms with Crippen molar-refractivity contribution in [3.8, 4) is 0 Å². The minimum atomic E-state index is 0.718. The van der Waals surface area contributed by atoms with E-state index in [9.17, 15) is 0 Å². The number of nitrogens with one attached hydrogen (secondary N) is 1. The summed E-state index contributed by atoms with van der Waals surface area (Å²) in [6, 6.07) is 6.22. The summed E-state index contributed by atoms with van der Waals surface area (Å²) in [5.74, 6) is 0.718. The zero-order valence-electron chi connectivity index (χ0n) is 10.5. The van der Waals surface area contributed by atoms with Crippen molar-refractivity contribution in [3.05, 3.63) is 34.3 Å². The molecular formula is C14H22ClN. The number of hydrogen-bond donors (Lipinski definition) is 1. The Morgan fingerprint density at radius 3 is 2.62 bits per heavy atom. The zero-order chi connectivity index (χ0) is 12.0. The van der Waals surface area contributed by atoms with Crippen molar-refractivity contribution in [3.63, 3.8) is 0 Å². The van der Waals surface area contributed by atoms with Crippen LogP contribution in [0.15, 0.2) is 18.2 Å². The summed E-state index contributed by atoms with van der Waals surface area (Å²) in [4.78, 5) is 0. The molecule has 0 bridgehead atoms. The Bertz CT molecular complexity index is 321. The molecule has 0 aromatic heterocycles. The monoisotopic (exact) mass is 239 g/mol. The first-order valence-corrected chi connectivity index (χ1v) is 6.49. The molecule has 0 aliphatic heterocycles. The molecule has 0 aliphatic rings. The summed E-state index contributed by atoms with van der Waals surface area (Å²) in [6.45, 7) is 8.78. The molecule has 2 heteroatoms. The molecule has 16 heavy (non-hydrogen) atoms. The van der Waals surface area contributed by atoms with Crippen LogP contribution in [0.1, 0.15) is 31.9 Å². The molecule has 90 valence electrons. The Kier molecular flexibility index (Phi) is 5.86. The first kappa shape index (κ1) is 13.5. The number of rotatable bonds is 6. The second kappa shape index (κ2) is 6.93. The van der Waals surface area contributed by atoms with Gasteiger partial charge in [-0.2, -0.15) is 0 Å². The van der Waals surface area contributed by atoms with E-state index in [0.29, 0.717) is 0 Å². The van der Waals surface area contributed by atoms with E-state index in [-0.39, 0.29) is 0 Å². The number of halogens is 1. The highest BCUT2D eigenvalue weighted by Crippen LogP contribution is 2.17. The fraction of sp³-hybridized carbons (Fsp3) is 0.571. The van der Waals surface area contributed by atoms with Gasteiger partial charge in [0.2, 0.25) is 0 Å². The molecule has 0 saturated carbocycles. The molecule has 0 amide bonds. The summed E-state index contributed by atoms with van der Waals surface area (Å²) < 4.78 is 0. The molecule has 0 heterocycles. The fourth-order valence-corrected chi connectivity index (χ4v) is 1.98. The number of benzene rings is 1. The summed E-state index contributed by atoms with van der Waals surface area (Å²) in [6.07, 6.45) is 2.15. The maximum Gasteiger partial charge on any atom is 0.0408 e. The third-order valence-electron chi connectivity index (χ3n) is 2.67. The van der Waals surface area contributed by atoms with Crippen molar-refractivity contribution in [1.82, 2.24) is 5.32 Å². The van der Waals surface area contributed by atoms with Gasteiger partial charge in [0.15, 0.2) is 0 Å². The minimum Gasteiger partial charge on any atom is -0.316 e. The molecule has 1 N–H and O–H groups in total. The number of aryl methyl sites for hydroxylation is 1. The van der Waals surface area contributed by atoms with Crippen molar-refractivity contribution in [1.29, 1.82) is 0 Å². The molecule has 0 atom stereocenters. The Morgan fingerprint density at radius 1 is 1.25 bits per heavy atom. The van der Waals surface area contributed by atoms with Crippen molar-refractivity contribution < 1.29 is 0 Å². The van der Waals surface area contributed by atoms with Crippen LogP contribution in [0.25, 0.3) is 0 Å². The summed E-state index contributed by atoms with van der Waals surface area (Å²) in [5, 5.41) is 4.31. The van der Waals surface area contributed by atoms with Crippen molar-refractivity contribution in [2.75, 3.05) is 13.1 Å². The highest BCUT2D eigenvalue weighted by molar-refractivity contribution is 6.30. The van der Waals surface area contributed by atoms with Gasteiger partial charge in [-0.3, -0.25) is 0 Å². The maximum atomic E-state index is 5.98. The van der Waals surface area contributed by atoms with Gasteiger partial charge in [-0.15, -0.1) is 0 Å². The van der Waals surface area contributed by atoms with Gasteiger partial charge in [-0.25, -0.2) is 0 Å². The predicted octanol–water partition coefficient (Wildman–Crippen LogP) is 3.69. The van der Waals surface area contributed by atoms with Gasteiger partial charge in [0.25, 0.3) is 0 Å². The Balaban J connectivity index is 2.47. The van der Waals surface area contributed by atoms with Gasteiger partial charge < -0.3 is 5.32 Å². The zero-order valence-corrected chi connectivity index (χ0v) is 11.3. The molecule has 1 aromatic rings. The van der Waals surface area contributed by atoms with E-state index < -0.39 is 0 Å². The lowest BCUT2D eigenvalue weighted by Crippen LogP contribution is -2.22. The molecule has 0 radical (unpaired) electrons. The Morgan fingerprint density at radius 2 is 2.00 bits per heavy atom. The van der Waals surface area contributed by atoms with Crippen molar-refractivity contribution in [2.45, 2.75) is 33.6 Å². The second-order valence-electron chi connectivity index (χ2n) is 4.61. The first-order valence-electron chi connectivity index (χ1n) is 6.11. The number of hydrogen-bond acceptors (Lipinski definition) is 1. The van der Waals surface area contributed by atoms with E-state index >= 15 is 0 Å². The van der Waals surface area contributed by atoms with Crippen LogP contribution in [0.3, 0.4) is 0 Å². The van der Waals surface area contributed by atoms with Crippen LogP contribution in [0.2, 0.25) is 5.02 Å². The normalized spacial score (nSPS) is 11.1. The molecule has 0 fully saturated rings.